The second kappa shape index (κ2) is 9.72. The highest BCUT2D eigenvalue weighted by Crippen LogP contribution is 2.16. The Kier molecular flexibility index (Phi) is 7.35. The molecule has 0 spiro atoms. The molecular weight excluding hydrogens is 334 g/mol. The predicted molar refractivity (Wildman–Crippen MR) is 97.0 cm³/mol. The zero-order valence-electron chi connectivity index (χ0n) is 15.4. The average Bonchev–Trinajstić information content (AvgIpc) is 2.91. The van der Waals surface area contributed by atoms with Gasteiger partial charge in [-0.1, -0.05) is 30.3 Å². The van der Waals surface area contributed by atoms with E-state index in [2.05, 4.69) is 10.4 Å². The maximum atomic E-state index is 12.4. The van der Waals surface area contributed by atoms with E-state index in [-0.39, 0.29) is 12.5 Å². The summed E-state index contributed by atoms with van der Waals surface area (Å²) in [5, 5.41) is 7.10. The van der Waals surface area contributed by atoms with E-state index in [9.17, 15) is 9.59 Å². The topological polar surface area (TPSA) is 82.4 Å². The Hall–Kier alpha value is -2.67. The van der Waals surface area contributed by atoms with Gasteiger partial charge in [0, 0.05) is 20.3 Å². The highest BCUT2D eigenvalue weighted by molar-refractivity contribution is 5.93. The number of rotatable bonds is 9. The Morgan fingerprint density at radius 2 is 1.92 bits per heavy atom. The number of hydrogen-bond acceptors (Lipinski definition) is 5. The molecular formula is C19H25N3O4. The summed E-state index contributed by atoms with van der Waals surface area (Å²) < 4.78 is 11.8. The van der Waals surface area contributed by atoms with Crippen LogP contribution in [0.2, 0.25) is 0 Å². The minimum atomic E-state index is -0.536. The fraction of sp³-hybridized carbons (Fsp3) is 0.421. The van der Waals surface area contributed by atoms with E-state index in [1.54, 1.807) is 18.7 Å². The lowest BCUT2D eigenvalue weighted by atomic mass is 10.2. The molecule has 0 aliphatic heterocycles. The van der Waals surface area contributed by atoms with Gasteiger partial charge in [-0.2, -0.15) is 5.10 Å². The number of hydrogen-bond donors (Lipinski definition) is 1. The van der Waals surface area contributed by atoms with Gasteiger partial charge in [0.05, 0.1) is 17.9 Å². The predicted octanol–water partition coefficient (Wildman–Crippen LogP) is 1.86. The third-order valence-corrected chi connectivity index (χ3v) is 3.94. The third-order valence-electron chi connectivity index (χ3n) is 3.94. The van der Waals surface area contributed by atoms with Crippen LogP contribution in [0, 0.1) is 13.8 Å². The number of aryl methyl sites for hydroxylation is 1. The van der Waals surface area contributed by atoms with Crippen LogP contribution in [0.4, 0.5) is 0 Å². The molecule has 0 aliphatic rings. The SMILES string of the molecule is COCCCNC(=O)COC(=O)c1c(C)nn(Cc2ccccc2)c1C. The van der Waals surface area contributed by atoms with Gasteiger partial charge in [-0.25, -0.2) is 4.79 Å². The van der Waals surface area contributed by atoms with Crippen LogP contribution in [-0.4, -0.2) is 48.5 Å². The number of benzene rings is 1. The van der Waals surface area contributed by atoms with E-state index >= 15 is 0 Å². The standard InChI is InChI=1S/C19H25N3O4/c1-14-18(19(24)26-13-17(23)20-10-7-11-25-3)15(2)22(21-14)12-16-8-5-4-6-9-16/h4-6,8-9H,7,10-13H2,1-3H3,(H,20,23). The van der Waals surface area contributed by atoms with E-state index < -0.39 is 5.97 Å². The molecule has 0 atom stereocenters. The smallest absolute Gasteiger partial charge is 0.342 e. The zero-order valence-corrected chi connectivity index (χ0v) is 15.4. The zero-order chi connectivity index (χ0) is 18.9. The number of nitrogens with zero attached hydrogens (tertiary/aromatic N) is 2. The fourth-order valence-electron chi connectivity index (χ4n) is 2.60. The molecule has 7 nitrogen and oxygen atoms in total. The van der Waals surface area contributed by atoms with Crippen LogP contribution in [0.3, 0.4) is 0 Å². The highest BCUT2D eigenvalue weighted by Gasteiger charge is 2.20. The first kappa shape index (κ1) is 19.7. The summed E-state index contributed by atoms with van der Waals surface area (Å²) in [6.45, 7) is 4.89. The van der Waals surface area contributed by atoms with Gasteiger partial charge < -0.3 is 14.8 Å². The molecule has 7 heteroatoms. The monoisotopic (exact) mass is 359 g/mol. The molecule has 0 fully saturated rings. The molecule has 0 aliphatic carbocycles. The van der Waals surface area contributed by atoms with Crippen molar-refractivity contribution in [2.75, 3.05) is 26.9 Å². The first-order valence-electron chi connectivity index (χ1n) is 8.53. The lowest BCUT2D eigenvalue weighted by Gasteiger charge is -2.07. The van der Waals surface area contributed by atoms with Crippen LogP contribution in [0.1, 0.15) is 33.7 Å². The average molecular weight is 359 g/mol. The number of amides is 1. The molecule has 1 heterocycles. The van der Waals surface area contributed by atoms with Crippen molar-refractivity contribution in [2.24, 2.45) is 0 Å². The quantitative estimate of drug-likeness (QED) is 0.546. The molecule has 0 unspecified atom stereocenters. The number of nitrogens with one attached hydrogen (secondary N) is 1. The number of carbonyl (C=O) groups is 2. The van der Waals surface area contributed by atoms with Crippen LogP contribution in [0.15, 0.2) is 30.3 Å². The van der Waals surface area contributed by atoms with E-state index in [4.69, 9.17) is 9.47 Å². The summed E-state index contributed by atoms with van der Waals surface area (Å²) in [6.07, 6.45) is 0.709. The Bertz CT molecular complexity index is 741. The van der Waals surface area contributed by atoms with Crippen molar-refractivity contribution in [3.05, 3.63) is 52.8 Å². The molecule has 26 heavy (non-hydrogen) atoms. The van der Waals surface area contributed by atoms with E-state index in [0.717, 1.165) is 11.3 Å². The van der Waals surface area contributed by atoms with Crippen LogP contribution in [0.25, 0.3) is 0 Å². The van der Waals surface area contributed by atoms with E-state index in [1.807, 2.05) is 37.3 Å². The van der Waals surface area contributed by atoms with Gasteiger partial charge in [-0.15, -0.1) is 0 Å². The first-order chi connectivity index (χ1) is 12.5. The molecule has 0 radical (unpaired) electrons. The van der Waals surface area contributed by atoms with Gasteiger partial charge in [-0.3, -0.25) is 9.48 Å². The molecule has 2 rings (SSSR count). The van der Waals surface area contributed by atoms with Gasteiger partial charge in [0.1, 0.15) is 5.56 Å². The molecule has 0 saturated carbocycles. The molecule has 2 aromatic rings. The van der Waals surface area contributed by atoms with Crippen molar-refractivity contribution >= 4 is 11.9 Å². The molecule has 1 aromatic heterocycles. The second-order valence-corrected chi connectivity index (χ2v) is 5.96. The Balaban J connectivity index is 1.93. The second-order valence-electron chi connectivity index (χ2n) is 5.96. The van der Waals surface area contributed by atoms with Gasteiger partial charge in [-0.05, 0) is 25.8 Å². The van der Waals surface area contributed by atoms with Gasteiger partial charge in [0.25, 0.3) is 5.91 Å². The maximum absolute atomic E-state index is 12.4. The largest absolute Gasteiger partial charge is 0.452 e. The van der Waals surface area contributed by atoms with E-state index in [0.29, 0.717) is 37.4 Å². The number of methoxy groups -OCH3 is 1. The lowest BCUT2D eigenvalue weighted by molar-refractivity contribution is -0.124. The lowest BCUT2D eigenvalue weighted by Crippen LogP contribution is -2.30. The van der Waals surface area contributed by atoms with Crippen molar-refractivity contribution in [2.45, 2.75) is 26.8 Å². The van der Waals surface area contributed by atoms with Crippen LogP contribution < -0.4 is 5.32 Å². The summed E-state index contributed by atoms with van der Waals surface area (Å²) in [6, 6.07) is 9.88. The summed E-state index contributed by atoms with van der Waals surface area (Å²) in [4.78, 5) is 24.1. The minimum Gasteiger partial charge on any atom is -0.452 e. The molecule has 0 saturated heterocycles. The number of ether oxygens (including phenoxy) is 2. The minimum absolute atomic E-state index is 0.311. The number of carbonyl (C=O) groups excluding carboxylic acids is 2. The number of aromatic nitrogens is 2. The summed E-state index contributed by atoms with van der Waals surface area (Å²) in [7, 11) is 1.60. The first-order valence-corrected chi connectivity index (χ1v) is 8.53. The van der Waals surface area contributed by atoms with Crippen molar-refractivity contribution in [3.63, 3.8) is 0 Å². The van der Waals surface area contributed by atoms with Gasteiger partial charge >= 0.3 is 5.97 Å². The summed E-state index contributed by atoms with van der Waals surface area (Å²) in [5.74, 6) is -0.868. The maximum Gasteiger partial charge on any atom is 0.342 e. The summed E-state index contributed by atoms with van der Waals surface area (Å²) >= 11 is 0. The highest BCUT2D eigenvalue weighted by atomic mass is 16.5. The Morgan fingerprint density at radius 3 is 2.62 bits per heavy atom. The molecule has 1 N–H and O–H groups in total. The van der Waals surface area contributed by atoms with Gasteiger partial charge in [0.2, 0.25) is 0 Å². The molecule has 0 bridgehead atoms. The van der Waals surface area contributed by atoms with E-state index in [1.165, 1.54) is 0 Å². The van der Waals surface area contributed by atoms with Crippen molar-refractivity contribution in [1.29, 1.82) is 0 Å². The van der Waals surface area contributed by atoms with Gasteiger partial charge in [0.15, 0.2) is 6.61 Å². The van der Waals surface area contributed by atoms with Crippen LogP contribution in [-0.2, 0) is 20.8 Å². The molecule has 1 amide bonds. The number of esters is 1. The summed E-state index contributed by atoms with van der Waals surface area (Å²) in [5.41, 5.74) is 2.81. The molecule has 140 valence electrons. The molecule has 1 aromatic carbocycles. The van der Waals surface area contributed by atoms with Crippen molar-refractivity contribution in [1.82, 2.24) is 15.1 Å². The van der Waals surface area contributed by atoms with Crippen LogP contribution >= 0.6 is 0 Å². The third kappa shape index (κ3) is 5.42. The van der Waals surface area contributed by atoms with Crippen molar-refractivity contribution in [3.8, 4) is 0 Å². The fourth-order valence-corrected chi connectivity index (χ4v) is 2.60. The Morgan fingerprint density at radius 1 is 1.19 bits per heavy atom. The normalized spacial score (nSPS) is 10.6. The van der Waals surface area contributed by atoms with Crippen LogP contribution in [0.5, 0.6) is 0 Å². The van der Waals surface area contributed by atoms with Crippen molar-refractivity contribution < 1.29 is 19.1 Å². The Labute approximate surface area is 153 Å².